The molecule has 2 unspecified atom stereocenters. The van der Waals surface area contributed by atoms with Gasteiger partial charge in [-0.1, -0.05) is 30.3 Å². The van der Waals surface area contributed by atoms with Crippen LogP contribution in [0.25, 0.3) is 0 Å². The molecule has 5 nitrogen and oxygen atoms in total. The lowest BCUT2D eigenvalue weighted by molar-refractivity contribution is 0.256. The number of nitrogens with one attached hydrogen (secondary N) is 1. The van der Waals surface area contributed by atoms with Gasteiger partial charge in [0.25, 0.3) is 0 Å². The van der Waals surface area contributed by atoms with Gasteiger partial charge < -0.3 is 10.2 Å². The second-order valence-electron chi connectivity index (χ2n) is 7.77. The number of guanidine groups is 1. The summed E-state index contributed by atoms with van der Waals surface area (Å²) < 4.78 is 0. The van der Waals surface area contributed by atoms with Crippen LogP contribution < -0.4 is 5.32 Å². The number of benzene rings is 1. The van der Waals surface area contributed by atoms with E-state index in [0.717, 1.165) is 49.4 Å². The molecule has 28 heavy (non-hydrogen) atoms. The van der Waals surface area contributed by atoms with Crippen LogP contribution in [0.4, 0.5) is 0 Å². The predicted octanol–water partition coefficient (Wildman–Crippen LogP) is 3.76. The van der Waals surface area contributed by atoms with E-state index < -0.39 is 0 Å². The highest BCUT2D eigenvalue weighted by molar-refractivity contribution is 7.09. The number of aromatic nitrogens is 1. The molecule has 1 saturated heterocycles. The normalized spacial score (nSPS) is 20.5. The lowest BCUT2D eigenvalue weighted by Gasteiger charge is -2.22. The van der Waals surface area contributed by atoms with Crippen molar-refractivity contribution in [2.24, 2.45) is 10.9 Å². The summed E-state index contributed by atoms with van der Waals surface area (Å²) in [5.41, 5.74) is 2.50. The van der Waals surface area contributed by atoms with Crippen molar-refractivity contribution in [3.63, 3.8) is 0 Å². The van der Waals surface area contributed by atoms with Crippen molar-refractivity contribution >= 4 is 17.3 Å². The van der Waals surface area contributed by atoms with E-state index in [-0.39, 0.29) is 0 Å². The maximum absolute atomic E-state index is 4.95. The molecule has 1 aliphatic rings. The number of aliphatic imine (C=N–C) groups is 1. The molecule has 2 heterocycles. The molecule has 2 atom stereocenters. The van der Waals surface area contributed by atoms with E-state index in [0.29, 0.717) is 12.0 Å². The lowest BCUT2D eigenvalue weighted by Crippen LogP contribution is -2.39. The molecule has 2 aromatic rings. The molecule has 0 radical (unpaired) electrons. The minimum Gasteiger partial charge on any atom is -0.357 e. The van der Waals surface area contributed by atoms with Gasteiger partial charge in [0.2, 0.25) is 0 Å². The first kappa shape index (κ1) is 20.8. The number of hydrogen-bond acceptors (Lipinski definition) is 4. The highest BCUT2D eigenvalue weighted by atomic mass is 32.1. The Morgan fingerprint density at radius 1 is 1.36 bits per heavy atom. The van der Waals surface area contributed by atoms with Crippen LogP contribution in [-0.4, -0.2) is 53.5 Å². The SMILES string of the molecule is CCNC(=NCC1CC(C)N(Cc2ccccc2)C1)N(C)Cc1csc(C)n1. The average molecular weight is 400 g/mol. The molecule has 152 valence electrons. The molecule has 1 aromatic carbocycles. The van der Waals surface area contributed by atoms with Crippen LogP contribution in [-0.2, 0) is 13.1 Å². The molecule has 0 spiro atoms. The number of hydrogen-bond donors (Lipinski definition) is 1. The topological polar surface area (TPSA) is 43.8 Å². The van der Waals surface area contributed by atoms with Crippen molar-refractivity contribution in [1.29, 1.82) is 0 Å². The van der Waals surface area contributed by atoms with Gasteiger partial charge in [-0.3, -0.25) is 9.89 Å². The van der Waals surface area contributed by atoms with Gasteiger partial charge in [-0.15, -0.1) is 11.3 Å². The Labute approximate surface area is 173 Å². The van der Waals surface area contributed by atoms with Crippen molar-refractivity contribution in [3.05, 3.63) is 52.0 Å². The van der Waals surface area contributed by atoms with Gasteiger partial charge in [0.15, 0.2) is 5.96 Å². The zero-order valence-electron chi connectivity index (χ0n) is 17.6. The molecular formula is C22H33N5S. The molecule has 1 N–H and O–H groups in total. The van der Waals surface area contributed by atoms with E-state index in [1.807, 2.05) is 0 Å². The van der Waals surface area contributed by atoms with Crippen LogP contribution in [0.1, 0.15) is 36.5 Å². The van der Waals surface area contributed by atoms with Crippen molar-refractivity contribution in [3.8, 4) is 0 Å². The monoisotopic (exact) mass is 399 g/mol. The minimum atomic E-state index is 0.610. The molecule has 0 aliphatic carbocycles. The second kappa shape index (κ2) is 10.0. The second-order valence-corrected chi connectivity index (χ2v) is 8.84. The van der Waals surface area contributed by atoms with Crippen LogP contribution >= 0.6 is 11.3 Å². The number of aryl methyl sites for hydroxylation is 1. The van der Waals surface area contributed by atoms with E-state index in [1.165, 1.54) is 12.0 Å². The van der Waals surface area contributed by atoms with Gasteiger partial charge in [0.05, 0.1) is 17.2 Å². The summed E-state index contributed by atoms with van der Waals surface area (Å²) in [4.78, 5) is 14.3. The van der Waals surface area contributed by atoms with Crippen LogP contribution in [0.2, 0.25) is 0 Å². The Kier molecular flexibility index (Phi) is 7.45. The molecule has 0 saturated carbocycles. The Bertz CT molecular complexity index is 757. The van der Waals surface area contributed by atoms with Gasteiger partial charge >= 0.3 is 0 Å². The van der Waals surface area contributed by atoms with Gasteiger partial charge in [0, 0.05) is 44.6 Å². The van der Waals surface area contributed by atoms with Gasteiger partial charge in [-0.2, -0.15) is 0 Å². The highest BCUT2D eigenvalue weighted by Crippen LogP contribution is 2.25. The Hall–Kier alpha value is -1.92. The molecule has 1 aromatic heterocycles. The zero-order valence-corrected chi connectivity index (χ0v) is 18.4. The van der Waals surface area contributed by atoms with Crippen LogP contribution in [0, 0.1) is 12.8 Å². The van der Waals surface area contributed by atoms with E-state index >= 15 is 0 Å². The number of rotatable bonds is 7. The smallest absolute Gasteiger partial charge is 0.194 e. The standard InChI is InChI=1S/C22H33N5S/c1-5-23-22(26(4)15-21-16-28-18(3)25-21)24-12-20-11-17(2)27(14-20)13-19-9-7-6-8-10-19/h6-10,16-17,20H,5,11-15H2,1-4H3,(H,23,24). The van der Waals surface area contributed by atoms with E-state index in [9.17, 15) is 0 Å². The molecule has 0 bridgehead atoms. The van der Waals surface area contributed by atoms with Gasteiger partial charge in [-0.05, 0) is 38.7 Å². The summed E-state index contributed by atoms with van der Waals surface area (Å²) in [6, 6.07) is 11.4. The molecular weight excluding hydrogens is 366 g/mol. The molecule has 1 fully saturated rings. The van der Waals surface area contributed by atoms with Crippen molar-refractivity contribution in [1.82, 2.24) is 20.1 Å². The molecule has 1 aliphatic heterocycles. The van der Waals surface area contributed by atoms with E-state index in [2.05, 4.69) is 83.6 Å². The fourth-order valence-electron chi connectivity index (χ4n) is 3.87. The summed E-state index contributed by atoms with van der Waals surface area (Å²) >= 11 is 1.70. The maximum Gasteiger partial charge on any atom is 0.194 e. The third kappa shape index (κ3) is 5.79. The van der Waals surface area contributed by atoms with E-state index in [1.54, 1.807) is 11.3 Å². The zero-order chi connectivity index (χ0) is 19.9. The summed E-state index contributed by atoms with van der Waals surface area (Å²) in [6.45, 7) is 11.2. The average Bonchev–Trinajstić information content (AvgIpc) is 3.24. The third-order valence-electron chi connectivity index (χ3n) is 5.28. The lowest BCUT2D eigenvalue weighted by atomic mass is 10.1. The largest absolute Gasteiger partial charge is 0.357 e. The Balaban J connectivity index is 1.56. The highest BCUT2D eigenvalue weighted by Gasteiger charge is 2.28. The first-order valence-corrected chi connectivity index (χ1v) is 11.1. The summed E-state index contributed by atoms with van der Waals surface area (Å²) in [5, 5.41) is 6.68. The number of likely N-dealkylation sites (tertiary alicyclic amines) is 1. The summed E-state index contributed by atoms with van der Waals surface area (Å²) in [7, 11) is 2.09. The number of thiazole rings is 1. The summed E-state index contributed by atoms with van der Waals surface area (Å²) in [5.74, 6) is 1.59. The van der Waals surface area contributed by atoms with E-state index in [4.69, 9.17) is 4.99 Å². The van der Waals surface area contributed by atoms with Crippen LogP contribution in [0.5, 0.6) is 0 Å². The van der Waals surface area contributed by atoms with Crippen molar-refractivity contribution in [2.45, 2.75) is 46.3 Å². The quantitative estimate of drug-likeness (QED) is 0.569. The fourth-order valence-corrected chi connectivity index (χ4v) is 4.48. The molecule has 3 rings (SSSR count). The predicted molar refractivity (Wildman–Crippen MR) is 119 cm³/mol. The first-order chi connectivity index (χ1) is 13.5. The van der Waals surface area contributed by atoms with Crippen LogP contribution in [0.15, 0.2) is 40.7 Å². The Morgan fingerprint density at radius 3 is 2.82 bits per heavy atom. The summed E-state index contributed by atoms with van der Waals surface area (Å²) in [6.07, 6.45) is 1.21. The van der Waals surface area contributed by atoms with Gasteiger partial charge in [0.1, 0.15) is 0 Å². The first-order valence-electron chi connectivity index (χ1n) is 10.2. The number of nitrogens with zero attached hydrogens (tertiary/aromatic N) is 4. The molecule has 6 heteroatoms. The van der Waals surface area contributed by atoms with Crippen molar-refractivity contribution < 1.29 is 0 Å². The maximum atomic E-state index is 4.95. The van der Waals surface area contributed by atoms with Crippen LogP contribution in [0.3, 0.4) is 0 Å². The van der Waals surface area contributed by atoms with Crippen molar-refractivity contribution in [2.75, 3.05) is 26.7 Å². The third-order valence-corrected chi connectivity index (χ3v) is 6.10. The Morgan fingerprint density at radius 2 is 2.14 bits per heavy atom. The minimum absolute atomic E-state index is 0.610. The fraction of sp³-hybridized carbons (Fsp3) is 0.545. The molecule has 0 amide bonds. The van der Waals surface area contributed by atoms with Gasteiger partial charge in [-0.25, -0.2) is 4.98 Å².